The molecule has 0 spiro atoms. The molecule has 0 bridgehead atoms. The second-order valence-corrected chi connectivity index (χ2v) is 5.68. The van der Waals surface area contributed by atoms with E-state index in [-0.39, 0.29) is 5.69 Å². The summed E-state index contributed by atoms with van der Waals surface area (Å²) in [5.74, 6) is 0.638. The third-order valence-corrected chi connectivity index (χ3v) is 3.98. The zero-order valence-corrected chi connectivity index (χ0v) is 13.7. The van der Waals surface area contributed by atoms with Crippen molar-refractivity contribution >= 4 is 23.1 Å². The lowest BCUT2D eigenvalue weighted by Gasteiger charge is -2.00. The maximum atomic E-state index is 11.1. The molecule has 6 heteroatoms. The highest BCUT2D eigenvalue weighted by molar-refractivity contribution is 5.90. The van der Waals surface area contributed by atoms with Crippen molar-refractivity contribution in [1.29, 1.82) is 0 Å². The monoisotopic (exact) mass is 342 g/mol. The van der Waals surface area contributed by atoms with Crippen molar-refractivity contribution in [3.05, 3.63) is 94.8 Å². The van der Waals surface area contributed by atoms with E-state index in [2.05, 4.69) is 9.98 Å². The van der Waals surface area contributed by atoms with Gasteiger partial charge in [0.05, 0.1) is 22.3 Å². The average molecular weight is 342 g/mol. The van der Waals surface area contributed by atoms with E-state index in [1.54, 1.807) is 12.3 Å². The van der Waals surface area contributed by atoms with Crippen LogP contribution in [0.4, 0.5) is 11.4 Å². The molecule has 6 nitrogen and oxygen atoms in total. The molecular formula is C20H14N4O2. The quantitative estimate of drug-likeness (QED) is 0.307. The number of benzene rings is 2. The summed E-state index contributed by atoms with van der Waals surface area (Å²) >= 11 is 0. The van der Waals surface area contributed by atoms with Crippen LogP contribution in [0.15, 0.2) is 84.0 Å². The van der Waals surface area contributed by atoms with Crippen LogP contribution in [0.1, 0.15) is 5.69 Å². The zero-order valence-electron chi connectivity index (χ0n) is 13.7. The molecule has 26 heavy (non-hydrogen) atoms. The lowest BCUT2D eigenvalue weighted by Crippen LogP contribution is -1.91. The number of pyridine rings is 1. The molecule has 0 unspecified atom stereocenters. The fourth-order valence-corrected chi connectivity index (χ4v) is 2.77. The third-order valence-electron chi connectivity index (χ3n) is 3.98. The number of para-hydroxylation sites is 1. The third kappa shape index (κ3) is 2.95. The van der Waals surface area contributed by atoms with Gasteiger partial charge in [-0.05, 0) is 24.3 Å². The number of non-ortho nitro benzene ring substituents is 1. The summed E-state index contributed by atoms with van der Waals surface area (Å²) in [6.07, 6.45) is 3.60. The molecule has 0 saturated heterocycles. The Bertz CT molecular complexity index is 1120. The van der Waals surface area contributed by atoms with Crippen molar-refractivity contribution in [3.8, 4) is 11.4 Å². The smallest absolute Gasteiger partial charge is 0.270 e. The van der Waals surface area contributed by atoms with Gasteiger partial charge in [0, 0.05) is 23.9 Å². The van der Waals surface area contributed by atoms with Crippen LogP contribution in [0.2, 0.25) is 0 Å². The summed E-state index contributed by atoms with van der Waals surface area (Å²) in [6.45, 7) is 0. The highest BCUT2D eigenvalue weighted by Gasteiger charge is 2.14. The van der Waals surface area contributed by atoms with Gasteiger partial charge in [-0.15, -0.1) is 0 Å². The SMILES string of the molecule is O=[N+]([O-])c1cccc(-c2nc(C=Nc3ccccc3)c3ccccn23)c1. The Morgan fingerprint density at radius 1 is 1.00 bits per heavy atom. The minimum atomic E-state index is -0.406. The van der Waals surface area contributed by atoms with Gasteiger partial charge in [0.25, 0.3) is 5.69 Å². The Morgan fingerprint density at radius 2 is 1.81 bits per heavy atom. The Hall–Kier alpha value is -3.80. The molecule has 4 rings (SSSR count). The molecular weight excluding hydrogens is 328 g/mol. The van der Waals surface area contributed by atoms with Gasteiger partial charge in [-0.3, -0.25) is 19.5 Å². The first kappa shape index (κ1) is 15.7. The highest BCUT2D eigenvalue weighted by atomic mass is 16.6. The average Bonchev–Trinajstić information content (AvgIpc) is 3.06. The first-order valence-corrected chi connectivity index (χ1v) is 8.03. The normalized spacial score (nSPS) is 11.2. The van der Waals surface area contributed by atoms with Crippen molar-refractivity contribution in [2.45, 2.75) is 0 Å². The highest BCUT2D eigenvalue weighted by Crippen LogP contribution is 2.25. The number of aliphatic imine (C=N–C) groups is 1. The van der Waals surface area contributed by atoms with Gasteiger partial charge in [0.1, 0.15) is 11.5 Å². The minimum absolute atomic E-state index is 0.0367. The Morgan fingerprint density at radius 3 is 2.62 bits per heavy atom. The molecule has 126 valence electrons. The predicted octanol–water partition coefficient (Wildman–Crippen LogP) is 4.66. The van der Waals surface area contributed by atoms with Crippen LogP contribution in [0.25, 0.3) is 16.9 Å². The molecule has 0 amide bonds. The molecule has 0 atom stereocenters. The molecule has 2 heterocycles. The van der Waals surface area contributed by atoms with E-state index < -0.39 is 4.92 Å². The van der Waals surface area contributed by atoms with Crippen LogP contribution in [-0.4, -0.2) is 20.5 Å². The molecule has 2 aromatic carbocycles. The largest absolute Gasteiger partial charge is 0.299 e. The second kappa shape index (κ2) is 6.60. The zero-order chi connectivity index (χ0) is 17.9. The molecule has 4 aromatic rings. The predicted molar refractivity (Wildman–Crippen MR) is 101 cm³/mol. The Labute approximate surface area is 149 Å². The lowest BCUT2D eigenvalue weighted by molar-refractivity contribution is -0.384. The van der Waals surface area contributed by atoms with Gasteiger partial charge < -0.3 is 0 Å². The van der Waals surface area contributed by atoms with Crippen LogP contribution < -0.4 is 0 Å². The summed E-state index contributed by atoms with van der Waals surface area (Å²) < 4.78 is 1.91. The number of aromatic nitrogens is 2. The van der Waals surface area contributed by atoms with Crippen molar-refractivity contribution in [2.24, 2.45) is 4.99 Å². The van der Waals surface area contributed by atoms with E-state index in [9.17, 15) is 10.1 Å². The number of hydrogen-bond donors (Lipinski definition) is 0. The molecule has 0 N–H and O–H groups in total. The number of fused-ring (bicyclic) bond motifs is 1. The summed E-state index contributed by atoms with van der Waals surface area (Å²) in [6, 6.07) is 21.8. The van der Waals surface area contributed by atoms with Crippen LogP contribution >= 0.6 is 0 Å². The van der Waals surface area contributed by atoms with Crippen molar-refractivity contribution in [1.82, 2.24) is 9.38 Å². The second-order valence-electron chi connectivity index (χ2n) is 5.68. The van der Waals surface area contributed by atoms with Crippen LogP contribution in [0.5, 0.6) is 0 Å². The van der Waals surface area contributed by atoms with Crippen LogP contribution in [-0.2, 0) is 0 Å². The number of nitro groups is 1. The van der Waals surface area contributed by atoms with E-state index in [0.717, 1.165) is 11.2 Å². The fourth-order valence-electron chi connectivity index (χ4n) is 2.77. The van der Waals surface area contributed by atoms with E-state index in [4.69, 9.17) is 0 Å². The van der Waals surface area contributed by atoms with Crippen LogP contribution in [0, 0.1) is 10.1 Å². The topological polar surface area (TPSA) is 72.8 Å². The molecule has 0 radical (unpaired) electrons. The summed E-state index contributed by atoms with van der Waals surface area (Å²) in [7, 11) is 0. The fraction of sp³-hybridized carbons (Fsp3) is 0. The molecule has 0 saturated carbocycles. The number of rotatable bonds is 4. The van der Waals surface area contributed by atoms with Gasteiger partial charge >= 0.3 is 0 Å². The summed E-state index contributed by atoms with van der Waals surface area (Å²) in [5, 5.41) is 11.1. The van der Waals surface area contributed by atoms with Gasteiger partial charge in [-0.2, -0.15) is 0 Å². The number of imidazole rings is 1. The Balaban J connectivity index is 1.83. The van der Waals surface area contributed by atoms with Crippen molar-refractivity contribution in [3.63, 3.8) is 0 Å². The number of nitro benzene ring substituents is 1. The summed E-state index contributed by atoms with van der Waals surface area (Å²) in [4.78, 5) is 19.8. The standard InChI is InChI=1S/C20H14N4O2/c25-24(26)17-10-6-7-15(13-17)20-22-18(19-11-4-5-12-23(19)20)14-21-16-8-2-1-3-9-16/h1-14H. The molecule has 0 aliphatic rings. The maximum Gasteiger partial charge on any atom is 0.270 e. The molecule has 0 aliphatic heterocycles. The minimum Gasteiger partial charge on any atom is -0.299 e. The summed E-state index contributed by atoms with van der Waals surface area (Å²) in [5.41, 5.74) is 3.14. The van der Waals surface area contributed by atoms with Gasteiger partial charge in [0.15, 0.2) is 0 Å². The van der Waals surface area contributed by atoms with E-state index >= 15 is 0 Å². The molecule has 2 aromatic heterocycles. The van der Waals surface area contributed by atoms with E-state index in [1.807, 2.05) is 65.2 Å². The van der Waals surface area contributed by atoms with Gasteiger partial charge in [-0.25, -0.2) is 4.98 Å². The molecule has 0 fully saturated rings. The number of hydrogen-bond acceptors (Lipinski definition) is 4. The molecule has 0 aliphatic carbocycles. The van der Waals surface area contributed by atoms with Gasteiger partial charge in [0.2, 0.25) is 0 Å². The first-order chi connectivity index (χ1) is 12.7. The van der Waals surface area contributed by atoms with Crippen LogP contribution in [0.3, 0.4) is 0 Å². The maximum absolute atomic E-state index is 11.1. The van der Waals surface area contributed by atoms with Gasteiger partial charge in [-0.1, -0.05) is 36.4 Å². The van der Waals surface area contributed by atoms with E-state index in [0.29, 0.717) is 17.1 Å². The first-order valence-electron chi connectivity index (χ1n) is 8.03. The van der Waals surface area contributed by atoms with E-state index in [1.165, 1.54) is 12.1 Å². The number of nitrogens with zero attached hydrogens (tertiary/aromatic N) is 4. The Kier molecular flexibility index (Phi) is 3.99. The van der Waals surface area contributed by atoms with Crippen molar-refractivity contribution in [2.75, 3.05) is 0 Å². The lowest BCUT2D eigenvalue weighted by atomic mass is 10.2. The van der Waals surface area contributed by atoms with Crippen molar-refractivity contribution < 1.29 is 4.92 Å².